The lowest BCUT2D eigenvalue weighted by atomic mass is 10.2. The third kappa shape index (κ3) is 5.20. The van der Waals surface area contributed by atoms with Crippen LogP contribution in [0.1, 0.15) is 15.9 Å². The molecule has 0 unspecified atom stereocenters. The molecule has 7 heteroatoms. The first-order chi connectivity index (χ1) is 11.6. The molecule has 0 bridgehead atoms. The van der Waals surface area contributed by atoms with Crippen molar-refractivity contribution in [2.75, 3.05) is 19.0 Å². The normalized spacial score (nSPS) is 10.4. The Morgan fingerprint density at radius 2 is 1.88 bits per heavy atom. The van der Waals surface area contributed by atoms with Gasteiger partial charge in [-0.1, -0.05) is 45.4 Å². The molecule has 0 aliphatic heterocycles. The third-order valence-corrected chi connectivity index (χ3v) is 3.48. The van der Waals surface area contributed by atoms with Gasteiger partial charge in [0.2, 0.25) is 0 Å². The number of benzene rings is 2. The summed E-state index contributed by atoms with van der Waals surface area (Å²) in [5.74, 6) is -0.959. The van der Waals surface area contributed by atoms with Crippen LogP contribution in [0.3, 0.4) is 0 Å². The van der Waals surface area contributed by atoms with Crippen molar-refractivity contribution in [3.05, 3.63) is 64.1 Å². The van der Waals surface area contributed by atoms with Crippen molar-refractivity contribution in [3.8, 4) is 0 Å². The van der Waals surface area contributed by atoms with Crippen LogP contribution >= 0.6 is 15.9 Å². The van der Waals surface area contributed by atoms with E-state index < -0.39 is 11.9 Å². The number of anilines is 1. The number of carbonyl (C=O) groups is 2. The topological polar surface area (TPSA) is 77.0 Å². The summed E-state index contributed by atoms with van der Waals surface area (Å²) in [5, 5.41) is 6.32. The number of hydrogen-bond acceptors (Lipinski definition) is 5. The zero-order chi connectivity index (χ0) is 17.4. The molecule has 6 nitrogen and oxygen atoms in total. The zero-order valence-corrected chi connectivity index (χ0v) is 14.4. The number of oxime groups is 1. The van der Waals surface area contributed by atoms with Gasteiger partial charge in [0.15, 0.2) is 6.61 Å². The van der Waals surface area contributed by atoms with Crippen LogP contribution in [-0.2, 0) is 14.4 Å². The van der Waals surface area contributed by atoms with Crippen molar-refractivity contribution >= 4 is 39.7 Å². The Kier molecular flexibility index (Phi) is 6.51. The molecule has 0 atom stereocenters. The smallest absolute Gasteiger partial charge is 0.339 e. The first-order valence-corrected chi connectivity index (χ1v) is 7.77. The quantitative estimate of drug-likeness (QED) is 0.466. The number of para-hydroxylation sites is 1. The fraction of sp³-hybridized carbons (Fsp3) is 0.118. The van der Waals surface area contributed by atoms with E-state index in [1.807, 2.05) is 24.3 Å². The van der Waals surface area contributed by atoms with Crippen LogP contribution in [0, 0.1) is 0 Å². The average Bonchev–Trinajstić information content (AvgIpc) is 2.60. The molecular formula is C17H15BrN2O4. The fourth-order valence-electron chi connectivity index (χ4n) is 1.81. The lowest BCUT2D eigenvalue weighted by Crippen LogP contribution is -2.19. The van der Waals surface area contributed by atoms with E-state index >= 15 is 0 Å². The molecule has 0 radical (unpaired) electrons. The highest BCUT2D eigenvalue weighted by atomic mass is 79.9. The molecule has 24 heavy (non-hydrogen) atoms. The predicted molar refractivity (Wildman–Crippen MR) is 94.1 cm³/mol. The number of esters is 1. The number of nitrogens with one attached hydrogen (secondary N) is 1. The summed E-state index contributed by atoms with van der Waals surface area (Å²) in [4.78, 5) is 28.4. The van der Waals surface area contributed by atoms with Crippen molar-refractivity contribution < 1.29 is 19.2 Å². The second-order valence-corrected chi connectivity index (χ2v) is 5.56. The van der Waals surface area contributed by atoms with E-state index in [-0.39, 0.29) is 12.2 Å². The van der Waals surface area contributed by atoms with Gasteiger partial charge < -0.3 is 14.9 Å². The molecule has 0 spiro atoms. The van der Waals surface area contributed by atoms with Gasteiger partial charge in [0.05, 0.1) is 24.6 Å². The number of hydrogen-bond donors (Lipinski definition) is 1. The Hall–Kier alpha value is -2.67. The highest BCUT2D eigenvalue weighted by Gasteiger charge is 2.13. The van der Waals surface area contributed by atoms with Gasteiger partial charge in [-0.15, -0.1) is 0 Å². The minimum absolute atomic E-state index is 0.270. The van der Waals surface area contributed by atoms with E-state index in [0.29, 0.717) is 5.69 Å². The van der Waals surface area contributed by atoms with Gasteiger partial charge in [-0.05, 0) is 29.8 Å². The summed E-state index contributed by atoms with van der Waals surface area (Å²) >= 11 is 3.34. The van der Waals surface area contributed by atoms with Gasteiger partial charge in [-0.3, -0.25) is 4.79 Å². The Labute approximate surface area is 147 Å². The maximum Gasteiger partial charge on any atom is 0.339 e. The summed E-state index contributed by atoms with van der Waals surface area (Å²) in [7, 11) is 1.28. The molecule has 1 N–H and O–H groups in total. The number of nitrogens with zero attached hydrogens (tertiary/aromatic N) is 1. The number of carbonyl (C=O) groups excluding carboxylic acids is 2. The van der Waals surface area contributed by atoms with E-state index in [1.165, 1.54) is 13.3 Å². The molecule has 0 heterocycles. The molecule has 124 valence electrons. The van der Waals surface area contributed by atoms with E-state index in [2.05, 4.69) is 31.1 Å². The molecular weight excluding hydrogens is 376 g/mol. The molecule has 2 aromatic rings. The number of ether oxygens (including phenoxy) is 1. The van der Waals surface area contributed by atoms with E-state index in [0.717, 1.165) is 10.0 Å². The van der Waals surface area contributed by atoms with Crippen molar-refractivity contribution in [2.24, 2.45) is 5.16 Å². The van der Waals surface area contributed by atoms with Gasteiger partial charge in [0.25, 0.3) is 5.91 Å². The number of amides is 1. The van der Waals surface area contributed by atoms with Crippen LogP contribution in [0.15, 0.2) is 58.2 Å². The molecule has 0 fully saturated rings. The van der Waals surface area contributed by atoms with E-state index in [9.17, 15) is 9.59 Å². The summed E-state index contributed by atoms with van der Waals surface area (Å²) in [6.45, 7) is -0.275. The largest absolute Gasteiger partial charge is 0.465 e. The Bertz CT molecular complexity index is 745. The van der Waals surface area contributed by atoms with Crippen LogP contribution < -0.4 is 5.32 Å². The monoisotopic (exact) mass is 390 g/mol. The van der Waals surface area contributed by atoms with Crippen molar-refractivity contribution in [1.29, 1.82) is 0 Å². The first kappa shape index (κ1) is 17.7. The molecule has 0 aromatic heterocycles. The lowest BCUT2D eigenvalue weighted by molar-refractivity contribution is -0.120. The maximum absolute atomic E-state index is 11.9. The molecule has 2 aromatic carbocycles. The van der Waals surface area contributed by atoms with Gasteiger partial charge in [-0.2, -0.15) is 0 Å². The summed E-state index contributed by atoms with van der Waals surface area (Å²) in [6, 6.07) is 14.0. The van der Waals surface area contributed by atoms with Crippen molar-refractivity contribution in [1.82, 2.24) is 0 Å². The zero-order valence-electron chi connectivity index (χ0n) is 12.9. The fourth-order valence-corrected chi connectivity index (χ4v) is 2.07. The lowest BCUT2D eigenvalue weighted by Gasteiger charge is -2.08. The summed E-state index contributed by atoms with van der Waals surface area (Å²) < 4.78 is 5.63. The maximum atomic E-state index is 11.9. The molecule has 1 amide bonds. The predicted octanol–water partition coefficient (Wildman–Crippen LogP) is 3.22. The van der Waals surface area contributed by atoms with Crippen molar-refractivity contribution in [3.63, 3.8) is 0 Å². The molecule has 0 saturated heterocycles. The van der Waals surface area contributed by atoms with E-state index in [4.69, 9.17) is 4.84 Å². The Balaban J connectivity index is 1.88. The summed E-state index contributed by atoms with van der Waals surface area (Å²) in [6.07, 6.45) is 1.50. The summed E-state index contributed by atoms with van der Waals surface area (Å²) in [5.41, 5.74) is 1.47. The Morgan fingerprint density at radius 1 is 1.17 bits per heavy atom. The number of methoxy groups -OCH3 is 1. The number of halogens is 1. The van der Waals surface area contributed by atoms with Crippen LogP contribution in [0.4, 0.5) is 5.69 Å². The SMILES string of the molecule is COC(=O)c1ccccc1NC(=O)CO/N=C\c1ccc(Br)cc1. The highest BCUT2D eigenvalue weighted by Crippen LogP contribution is 2.15. The van der Waals surface area contributed by atoms with Gasteiger partial charge >= 0.3 is 5.97 Å². The van der Waals surface area contributed by atoms with Crippen LogP contribution in [0.2, 0.25) is 0 Å². The minimum atomic E-state index is -0.528. The average molecular weight is 391 g/mol. The van der Waals surface area contributed by atoms with Crippen molar-refractivity contribution in [2.45, 2.75) is 0 Å². The van der Waals surface area contributed by atoms with Gasteiger partial charge in [0, 0.05) is 4.47 Å². The first-order valence-electron chi connectivity index (χ1n) is 6.98. The molecule has 0 saturated carbocycles. The number of rotatable bonds is 6. The van der Waals surface area contributed by atoms with Gasteiger partial charge in [-0.25, -0.2) is 4.79 Å². The van der Waals surface area contributed by atoms with Crippen LogP contribution in [0.5, 0.6) is 0 Å². The highest BCUT2D eigenvalue weighted by molar-refractivity contribution is 9.10. The molecule has 0 aliphatic rings. The van der Waals surface area contributed by atoms with Crippen LogP contribution in [-0.4, -0.2) is 31.8 Å². The van der Waals surface area contributed by atoms with Gasteiger partial charge in [0.1, 0.15) is 0 Å². The second-order valence-electron chi connectivity index (χ2n) is 4.64. The minimum Gasteiger partial charge on any atom is -0.465 e. The third-order valence-electron chi connectivity index (χ3n) is 2.95. The van der Waals surface area contributed by atoms with E-state index in [1.54, 1.807) is 24.3 Å². The standard InChI is InChI=1S/C17H15BrN2O4/c1-23-17(22)14-4-2-3-5-15(14)20-16(21)11-24-19-10-12-6-8-13(18)9-7-12/h2-10H,11H2,1H3,(H,20,21)/b19-10-. The Morgan fingerprint density at radius 3 is 2.58 bits per heavy atom. The van der Waals surface area contributed by atoms with Crippen LogP contribution in [0.25, 0.3) is 0 Å². The molecule has 2 rings (SSSR count). The molecule has 0 aliphatic carbocycles. The second kappa shape index (κ2) is 8.83.